The van der Waals surface area contributed by atoms with E-state index in [1.807, 2.05) is 38.1 Å². The van der Waals surface area contributed by atoms with Crippen LogP contribution in [0.15, 0.2) is 30.3 Å². The van der Waals surface area contributed by atoms with Gasteiger partial charge in [-0.1, -0.05) is 0 Å². The van der Waals surface area contributed by atoms with E-state index >= 15 is 0 Å². The van der Waals surface area contributed by atoms with Gasteiger partial charge in [-0.3, -0.25) is 4.98 Å². The Morgan fingerprint density at radius 3 is 2.61 bits per heavy atom. The summed E-state index contributed by atoms with van der Waals surface area (Å²) < 4.78 is 5.25. The van der Waals surface area contributed by atoms with Crippen LogP contribution in [0.5, 0.6) is 5.75 Å². The lowest BCUT2D eigenvalue weighted by molar-refractivity contribution is 0.414. The van der Waals surface area contributed by atoms with E-state index in [0.717, 1.165) is 22.6 Å². The molecule has 2 aromatic rings. The first-order chi connectivity index (χ1) is 8.63. The van der Waals surface area contributed by atoms with Crippen molar-refractivity contribution in [3.63, 3.8) is 0 Å². The van der Waals surface area contributed by atoms with Crippen molar-refractivity contribution in [3.8, 4) is 23.1 Å². The Morgan fingerprint density at radius 1 is 1.17 bits per heavy atom. The Bertz CT molecular complexity index is 627. The molecule has 0 aliphatic heterocycles. The third-order valence-corrected chi connectivity index (χ3v) is 2.71. The number of hydrogen-bond acceptors (Lipinski definition) is 3. The lowest BCUT2D eigenvalue weighted by Crippen LogP contribution is -1.93. The second-order valence-corrected chi connectivity index (χ2v) is 4.20. The normalized spacial score (nSPS) is 9.89. The van der Waals surface area contributed by atoms with Crippen molar-refractivity contribution in [1.82, 2.24) is 4.98 Å². The summed E-state index contributed by atoms with van der Waals surface area (Å²) in [7, 11) is 1.63. The van der Waals surface area contributed by atoms with Gasteiger partial charge in [0.25, 0.3) is 0 Å². The maximum absolute atomic E-state index is 9.15. The quantitative estimate of drug-likeness (QED) is 0.806. The Hall–Kier alpha value is -2.34. The van der Waals surface area contributed by atoms with Crippen molar-refractivity contribution >= 4 is 0 Å². The summed E-state index contributed by atoms with van der Waals surface area (Å²) >= 11 is 0. The molecule has 0 bridgehead atoms. The maximum Gasteiger partial charge on any atom is 0.119 e. The molecular weight excluding hydrogens is 224 g/mol. The molecular formula is C15H14N2O. The highest BCUT2D eigenvalue weighted by Crippen LogP contribution is 2.27. The van der Waals surface area contributed by atoms with Gasteiger partial charge in [0.1, 0.15) is 11.8 Å². The van der Waals surface area contributed by atoms with Crippen LogP contribution in [0.25, 0.3) is 11.3 Å². The van der Waals surface area contributed by atoms with Crippen LogP contribution in [0.4, 0.5) is 0 Å². The number of methoxy groups -OCH3 is 1. The van der Waals surface area contributed by atoms with Gasteiger partial charge in [-0.15, -0.1) is 0 Å². The molecule has 0 spiro atoms. The van der Waals surface area contributed by atoms with Crippen LogP contribution in [0.1, 0.15) is 16.8 Å². The van der Waals surface area contributed by atoms with Gasteiger partial charge in [0.05, 0.1) is 18.4 Å². The topological polar surface area (TPSA) is 45.9 Å². The summed E-state index contributed by atoms with van der Waals surface area (Å²) in [5, 5.41) is 9.15. The molecule has 0 amide bonds. The molecule has 1 aromatic heterocycles. The molecule has 0 aliphatic carbocycles. The number of ether oxygens (including phenoxy) is 1. The monoisotopic (exact) mass is 238 g/mol. The largest absolute Gasteiger partial charge is 0.497 e. The fourth-order valence-electron chi connectivity index (χ4n) is 1.87. The molecule has 0 atom stereocenters. The molecule has 3 nitrogen and oxygen atoms in total. The smallest absolute Gasteiger partial charge is 0.119 e. The second kappa shape index (κ2) is 4.89. The van der Waals surface area contributed by atoms with E-state index in [1.165, 1.54) is 0 Å². The van der Waals surface area contributed by atoms with Crippen LogP contribution in [0, 0.1) is 25.2 Å². The number of aryl methyl sites for hydroxylation is 2. The van der Waals surface area contributed by atoms with Crippen LogP contribution in [-0.2, 0) is 0 Å². The zero-order chi connectivity index (χ0) is 13.1. The van der Waals surface area contributed by atoms with E-state index in [9.17, 15) is 0 Å². The van der Waals surface area contributed by atoms with E-state index < -0.39 is 0 Å². The minimum Gasteiger partial charge on any atom is -0.497 e. The molecule has 1 heterocycles. The Labute approximate surface area is 107 Å². The summed E-state index contributed by atoms with van der Waals surface area (Å²) in [5.41, 5.74) is 4.17. The first-order valence-corrected chi connectivity index (χ1v) is 5.68. The number of nitrogens with zero attached hydrogens (tertiary/aromatic N) is 2. The van der Waals surface area contributed by atoms with Gasteiger partial charge in [-0.05, 0) is 49.7 Å². The van der Waals surface area contributed by atoms with E-state index in [-0.39, 0.29) is 0 Å². The second-order valence-electron chi connectivity index (χ2n) is 4.20. The highest BCUT2D eigenvalue weighted by Gasteiger charge is 2.09. The van der Waals surface area contributed by atoms with Crippen LogP contribution >= 0.6 is 0 Å². The van der Waals surface area contributed by atoms with Crippen molar-refractivity contribution < 1.29 is 4.74 Å². The van der Waals surface area contributed by atoms with Gasteiger partial charge in [0.2, 0.25) is 0 Å². The third kappa shape index (κ3) is 2.33. The van der Waals surface area contributed by atoms with Crippen molar-refractivity contribution in [2.45, 2.75) is 13.8 Å². The molecule has 90 valence electrons. The number of nitriles is 1. The molecule has 1 aromatic carbocycles. The Kier molecular flexibility index (Phi) is 3.29. The Morgan fingerprint density at radius 2 is 1.94 bits per heavy atom. The minimum atomic E-state index is 0.577. The summed E-state index contributed by atoms with van der Waals surface area (Å²) in [6.07, 6.45) is 0. The molecule has 0 fully saturated rings. The summed E-state index contributed by atoms with van der Waals surface area (Å²) in [6, 6.07) is 11.7. The van der Waals surface area contributed by atoms with Crippen LogP contribution < -0.4 is 4.74 Å². The first-order valence-electron chi connectivity index (χ1n) is 5.68. The van der Waals surface area contributed by atoms with Crippen LogP contribution in [-0.4, -0.2) is 12.1 Å². The number of pyridine rings is 1. The summed E-state index contributed by atoms with van der Waals surface area (Å²) in [6.45, 7) is 3.91. The average Bonchev–Trinajstić information content (AvgIpc) is 2.38. The molecule has 0 N–H and O–H groups in total. The number of rotatable bonds is 2. The predicted molar refractivity (Wildman–Crippen MR) is 70.4 cm³/mol. The van der Waals surface area contributed by atoms with Gasteiger partial charge in [-0.2, -0.15) is 5.26 Å². The maximum atomic E-state index is 9.15. The van der Waals surface area contributed by atoms with Crippen molar-refractivity contribution in [2.75, 3.05) is 7.11 Å². The molecule has 0 saturated heterocycles. The zero-order valence-corrected chi connectivity index (χ0v) is 10.7. The number of hydrogen-bond donors (Lipinski definition) is 0. The summed E-state index contributed by atoms with van der Waals surface area (Å²) in [5.74, 6) is 0.775. The zero-order valence-electron chi connectivity index (χ0n) is 10.7. The fraction of sp³-hybridized carbons (Fsp3) is 0.200. The SMILES string of the molecule is COc1cc(C)cc(-c2nc(C)ccc2C#N)c1. The third-order valence-electron chi connectivity index (χ3n) is 2.71. The van der Waals surface area contributed by atoms with Crippen LogP contribution in [0.2, 0.25) is 0 Å². The van der Waals surface area contributed by atoms with Gasteiger partial charge in [-0.25, -0.2) is 0 Å². The molecule has 18 heavy (non-hydrogen) atoms. The van der Waals surface area contributed by atoms with E-state index in [4.69, 9.17) is 10.00 Å². The highest BCUT2D eigenvalue weighted by molar-refractivity contribution is 5.68. The van der Waals surface area contributed by atoms with Crippen molar-refractivity contribution in [1.29, 1.82) is 5.26 Å². The van der Waals surface area contributed by atoms with Crippen molar-refractivity contribution in [3.05, 3.63) is 47.2 Å². The lowest BCUT2D eigenvalue weighted by atomic mass is 10.0. The van der Waals surface area contributed by atoms with E-state index in [1.54, 1.807) is 13.2 Å². The summed E-state index contributed by atoms with van der Waals surface area (Å²) in [4.78, 5) is 4.45. The van der Waals surface area contributed by atoms with E-state index in [2.05, 4.69) is 11.1 Å². The fourth-order valence-corrected chi connectivity index (χ4v) is 1.87. The lowest BCUT2D eigenvalue weighted by Gasteiger charge is -2.08. The van der Waals surface area contributed by atoms with Crippen LogP contribution in [0.3, 0.4) is 0 Å². The molecule has 3 heteroatoms. The highest BCUT2D eigenvalue weighted by atomic mass is 16.5. The minimum absolute atomic E-state index is 0.577. The van der Waals surface area contributed by atoms with Gasteiger partial charge < -0.3 is 4.74 Å². The van der Waals surface area contributed by atoms with Crippen molar-refractivity contribution in [2.24, 2.45) is 0 Å². The molecule has 0 radical (unpaired) electrons. The van der Waals surface area contributed by atoms with Gasteiger partial charge in [0.15, 0.2) is 0 Å². The average molecular weight is 238 g/mol. The number of aromatic nitrogens is 1. The molecule has 0 aliphatic rings. The standard InChI is InChI=1S/C15H14N2O/c1-10-6-13(8-14(7-10)18-3)15-12(9-16)5-4-11(2)17-15/h4-8H,1-3H3. The number of benzene rings is 1. The van der Waals surface area contributed by atoms with E-state index in [0.29, 0.717) is 11.3 Å². The van der Waals surface area contributed by atoms with Gasteiger partial charge >= 0.3 is 0 Å². The molecule has 0 saturated carbocycles. The van der Waals surface area contributed by atoms with Gasteiger partial charge in [0, 0.05) is 11.3 Å². The first kappa shape index (κ1) is 12.1. The molecule has 0 unspecified atom stereocenters. The Balaban J connectivity index is 2.65. The predicted octanol–water partition coefficient (Wildman–Crippen LogP) is 3.25. The molecule has 2 rings (SSSR count).